The lowest BCUT2D eigenvalue weighted by Gasteiger charge is -2.18. The second-order valence-electron chi connectivity index (χ2n) is 24.1. The summed E-state index contributed by atoms with van der Waals surface area (Å²) in [6.07, 6.45) is 87.2. The van der Waals surface area contributed by atoms with Gasteiger partial charge in [-0.15, -0.1) is 0 Å². The Morgan fingerprint density at radius 2 is 0.450 bits per heavy atom. The first kappa shape index (κ1) is 77.4. The van der Waals surface area contributed by atoms with Crippen molar-refractivity contribution < 1.29 is 28.6 Å². The Balaban J connectivity index is 4.14. The molecule has 0 saturated heterocycles. The van der Waals surface area contributed by atoms with Crippen LogP contribution in [0.25, 0.3) is 0 Å². The number of ether oxygens (including phenoxy) is 3. The first-order chi connectivity index (χ1) is 39.5. The van der Waals surface area contributed by atoms with Crippen LogP contribution in [0.5, 0.6) is 0 Å². The molecule has 0 amide bonds. The fraction of sp³-hybridized carbons (Fsp3) is 0.851. The van der Waals surface area contributed by atoms with Crippen molar-refractivity contribution in [2.45, 2.75) is 393 Å². The van der Waals surface area contributed by atoms with Gasteiger partial charge in [0.15, 0.2) is 6.10 Å². The van der Waals surface area contributed by atoms with Gasteiger partial charge in [-0.2, -0.15) is 0 Å². The highest BCUT2D eigenvalue weighted by Gasteiger charge is 2.19. The molecule has 0 aliphatic heterocycles. The minimum Gasteiger partial charge on any atom is -0.462 e. The Kier molecular flexibility index (Phi) is 66.6. The van der Waals surface area contributed by atoms with Crippen LogP contribution in [0.3, 0.4) is 0 Å². The van der Waals surface area contributed by atoms with Gasteiger partial charge in [-0.25, -0.2) is 0 Å². The van der Waals surface area contributed by atoms with E-state index < -0.39 is 6.10 Å². The maximum Gasteiger partial charge on any atom is 0.306 e. The predicted octanol–water partition coefficient (Wildman–Crippen LogP) is 24.5. The van der Waals surface area contributed by atoms with Crippen LogP contribution in [0.4, 0.5) is 0 Å². The molecule has 0 aliphatic carbocycles. The van der Waals surface area contributed by atoms with Crippen molar-refractivity contribution in [3.63, 3.8) is 0 Å². The van der Waals surface area contributed by atoms with Gasteiger partial charge in [-0.1, -0.05) is 313 Å². The molecule has 468 valence electrons. The summed E-state index contributed by atoms with van der Waals surface area (Å²) in [5.74, 6) is -0.864. The highest BCUT2D eigenvalue weighted by molar-refractivity contribution is 5.71. The zero-order valence-corrected chi connectivity index (χ0v) is 53.9. The molecule has 0 heterocycles. The molecule has 0 bridgehead atoms. The van der Waals surface area contributed by atoms with Gasteiger partial charge >= 0.3 is 17.9 Å². The molecule has 0 aromatic heterocycles. The first-order valence-electron chi connectivity index (χ1n) is 35.6. The number of unbranched alkanes of at least 4 members (excludes halogenated alkanes) is 47. The molecule has 0 aromatic rings. The quantitative estimate of drug-likeness (QED) is 0.0261. The smallest absolute Gasteiger partial charge is 0.306 e. The highest BCUT2D eigenvalue weighted by Crippen LogP contribution is 2.18. The van der Waals surface area contributed by atoms with Crippen LogP contribution >= 0.6 is 0 Å². The molecule has 1 atom stereocenters. The van der Waals surface area contributed by atoms with Gasteiger partial charge in [0.05, 0.1) is 0 Å². The Hall–Kier alpha value is -2.63. The van der Waals surface area contributed by atoms with E-state index in [0.717, 1.165) is 70.6 Å². The lowest BCUT2D eigenvalue weighted by molar-refractivity contribution is -0.167. The summed E-state index contributed by atoms with van der Waals surface area (Å²) in [6, 6.07) is 0. The van der Waals surface area contributed by atoms with Crippen molar-refractivity contribution in [1.29, 1.82) is 0 Å². The van der Waals surface area contributed by atoms with Crippen molar-refractivity contribution in [2.24, 2.45) is 0 Å². The molecule has 0 radical (unpaired) electrons. The molecule has 0 aliphatic rings. The van der Waals surface area contributed by atoms with Gasteiger partial charge in [-0.05, 0) is 103 Å². The molecular formula is C74H136O6. The minimum atomic E-state index is -0.778. The SMILES string of the molecule is CCCCC/C=C\C/C=C\CCCCCCCCCCCC(=O)OC(COC(=O)CCCCCCC/C=C\CCCCC)COC(=O)CCCCCCCCCCCCCCCCCCCCC/C=C\CCCCCCCCCC. The average Bonchev–Trinajstić information content (AvgIpc) is 3.46. The number of esters is 3. The van der Waals surface area contributed by atoms with Gasteiger partial charge in [0, 0.05) is 19.3 Å². The van der Waals surface area contributed by atoms with E-state index in [2.05, 4.69) is 69.4 Å². The lowest BCUT2D eigenvalue weighted by atomic mass is 10.0. The monoisotopic (exact) mass is 1120 g/mol. The summed E-state index contributed by atoms with van der Waals surface area (Å²) in [6.45, 7) is 6.64. The second-order valence-corrected chi connectivity index (χ2v) is 24.1. The van der Waals surface area contributed by atoms with Crippen LogP contribution in [0.15, 0.2) is 48.6 Å². The van der Waals surface area contributed by atoms with E-state index in [9.17, 15) is 14.4 Å². The van der Waals surface area contributed by atoms with Gasteiger partial charge < -0.3 is 14.2 Å². The largest absolute Gasteiger partial charge is 0.462 e. The highest BCUT2D eigenvalue weighted by atomic mass is 16.6. The predicted molar refractivity (Wildman–Crippen MR) is 349 cm³/mol. The summed E-state index contributed by atoms with van der Waals surface area (Å²) in [5.41, 5.74) is 0. The molecule has 0 aromatic carbocycles. The van der Waals surface area contributed by atoms with Crippen molar-refractivity contribution in [2.75, 3.05) is 13.2 Å². The Morgan fingerprint density at radius 3 is 0.725 bits per heavy atom. The number of hydrogen-bond acceptors (Lipinski definition) is 6. The van der Waals surface area contributed by atoms with Crippen molar-refractivity contribution in [3.8, 4) is 0 Å². The van der Waals surface area contributed by atoms with E-state index >= 15 is 0 Å². The van der Waals surface area contributed by atoms with E-state index in [1.807, 2.05) is 0 Å². The van der Waals surface area contributed by atoms with Crippen molar-refractivity contribution in [3.05, 3.63) is 48.6 Å². The summed E-state index contributed by atoms with van der Waals surface area (Å²) < 4.78 is 17.0. The third-order valence-electron chi connectivity index (χ3n) is 16.0. The Bertz CT molecular complexity index is 1380. The number of allylic oxidation sites excluding steroid dienone is 8. The second kappa shape index (κ2) is 68.9. The minimum absolute atomic E-state index is 0.0736. The van der Waals surface area contributed by atoms with Crippen molar-refractivity contribution in [1.82, 2.24) is 0 Å². The van der Waals surface area contributed by atoms with Gasteiger partial charge in [-0.3, -0.25) is 14.4 Å². The topological polar surface area (TPSA) is 78.9 Å². The Labute approximate surface area is 498 Å². The summed E-state index contributed by atoms with van der Waals surface area (Å²) in [4.78, 5) is 38.4. The molecule has 0 spiro atoms. The van der Waals surface area contributed by atoms with Gasteiger partial charge in [0.25, 0.3) is 0 Å². The summed E-state index contributed by atoms with van der Waals surface area (Å²) in [7, 11) is 0. The molecule has 80 heavy (non-hydrogen) atoms. The van der Waals surface area contributed by atoms with E-state index in [-0.39, 0.29) is 31.1 Å². The van der Waals surface area contributed by atoms with E-state index in [1.165, 1.54) is 276 Å². The van der Waals surface area contributed by atoms with Gasteiger partial charge in [0.2, 0.25) is 0 Å². The van der Waals surface area contributed by atoms with E-state index in [0.29, 0.717) is 19.3 Å². The summed E-state index contributed by atoms with van der Waals surface area (Å²) >= 11 is 0. The number of hydrogen-bond donors (Lipinski definition) is 0. The molecule has 6 heteroatoms. The van der Waals surface area contributed by atoms with E-state index in [1.54, 1.807) is 0 Å². The zero-order chi connectivity index (χ0) is 57.8. The Morgan fingerprint density at radius 1 is 0.250 bits per heavy atom. The van der Waals surface area contributed by atoms with E-state index in [4.69, 9.17) is 14.2 Å². The van der Waals surface area contributed by atoms with Crippen LogP contribution in [0, 0.1) is 0 Å². The maximum atomic E-state index is 12.9. The average molecular weight is 1120 g/mol. The van der Waals surface area contributed by atoms with Crippen LogP contribution in [-0.4, -0.2) is 37.2 Å². The lowest BCUT2D eigenvalue weighted by Crippen LogP contribution is -2.30. The molecule has 0 saturated carbocycles. The fourth-order valence-corrected chi connectivity index (χ4v) is 10.6. The van der Waals surface area contributed by atoms with Crippen LogP contribution in [0.1, 0.15) is 387 Å². The normalized spacial score (nSPS) is 12.3. The van der Waals surface area contributed by atoms with Gasteiger partial charge in [0.1, 0.15) is 13.2 Å². The zero-order valence-electron chi connectivity index (χ0n) is 53.9. The molecule has 6 nitrogen and oxygen atoms in total. The summed E-state index contributed by atoms with van der Waals surface area (Å²) in [5, 5.41) is 0. The van der Waals surface area contributed by atoms with Crippen LogP contribution in [0.2, 0.25) is 0 Å². The first-order valence-corrected chi connectivity index (χ1v) is 35.6. The molecule has 0 fully saturated rings. The number of rotatable bonds is 66. The standard InChI is InChI=1S/C74H136O6/c1-4-7-10-13-16-19-22-25-27-29-31-32-33-34-35-36-37-38-39-40-41-42-44-45-47-49-52-55-58-61-64-67-73(76)79-70-71(69-78-72(75)66-63-60-57-54-51-24-21-18-15-12-9-6-3)80-74(77)68-65-62-59-56-53-50-48-46-43-30-28-26-23-20-17-14-11-8-5-2/h17-18,20-21,26,28-29,31,71H,4-16,19,22-25,27,30,32-70H2,1-3H3/b20-17-,21-18-,28-26-,31-29-. The number of carbonyl (C=O) groups excluding carboxylic acids is 3. The molecular weight excluding hydrogens is 985 g/mol. The third-order valence-corrected chi connectivity index (χ3v) is 16.0. The molecule has 0 rings (SSSR count). The third kappa shape index (κ3) is 66.2. The number of carbonyl (C=O) groups is 3. The van der Waals surface area contributed by atoms with Crippen molar-refractivity contribution >= 4 is 17.9 Å². The fourth-order valence-electron chi connectivity index (χ4n) is 10.6. The van der Waals surface area contributed by atoms with Crippen LogP contribution < -0.4 is 0 Å². The molecule has 1 unspecified atom stereocenters. The van der Waals surface area contributed by atoms with Crippen LogP contribution in [-0.2, 0) is 28.6 Å². The molecule has 0 N–H and O–H groups in total. The maximum absolute atomic E-state index is 12.9.